The lowest BCUT2D eigenvalue weighted by molar-refractivity contribution is -0.112. The Bertz CT molecular complexity index is 975. The molecule has 2 aromatic carbocycles. The molecule has 4 rings (SSSR count). The number of carbonyl (C=O) groups excluding carboxylic acids is 2. The standard InChI is InChI=1S/C25H29N3O2/c1-3-17-14-15-20-21(16-17)28(25(30)26-2)24(29)22(20)23(18-10-6-4-7-11-18)27-19-12-8-5-9-13-19/h4,6-7,10-11,14-16,19,27H,3,5,8-9,12-13H2,1-2H3,(H,26,30). The van der Waals surface area contributed by atoms with Crippen LogP contribution in [0.3, 0.4) is 0 Å². The van der Waals surface area contributed by atoms with Crippen LogP contribution in [0.1, 0.15) is 55.7 Å². The van der Waals surface area contributed by atoms with Gasteiger partial charge < -0.3 is 10.6 Å². The number of nitrogens with one attached hydrogen (secondary N) is 2. The molecule has 2 N–H and O–H groups in total. The molecule has 156 valence electrons. The Kier molecular flexibility index (Phi) is 5.88. The Labute approximate surface area is 178 Å². The van der Waals surface area contributed by atoms with E-state index in [4.69, 9.17) is 0 Å². The molecule has 0 unspecified atom stereocenters. The van der Waals surface area contributed by atoms with Crippen molar-refractivity contribution in [2.24, 2.45) is 0 Å². The lowest BCUT2D eigenvalue weighted by atomic mass is 9.93. The van der Waals surface area contributed by atoms with E-state index in [9.17, 15) is 9.59 Å². The minimum absolute atomic E-state index is 0.278. The van der Waals surface area contributed by atoms with Crippen LogP contribution in [0.25, 0.3) is 11.3 Å². The zero-order valence-corrected chi connectivity index (χ0v) is 17.7. The predicted molar refractivity (Wildman–Crippen MR) is 121 cm³/mol. The number of rotatable bonds is 4. The van der Waals surface area contributed by atoms with E-state index >= 15 is 0 Å². The minimum atomic E-state index is -0.408. The van der Waals surface area contributed by atoms with Crippen LogP contribution in [0.5, 0.6) is 0 Å². The van der Waals surface area contributed by atoms with Crippen molar-refractivity contribution in [2.75, 3.05) is 11.9 Å². The van der Waals surface area contributed by atoms with E-state index in [0.29, 0.717) is 17.3 Å². The fourth-order valence-corrected chi connectivity index (χ4v) is 4.44. The number of carbonyl (C=O) groups is 2. The number of hydrogen-bond donors (Lipinski definition) is 2. The van der Waals surface area contributed by atoms with E-state index in [1.165, 1.54) is 24.2 Å². The number of imide groups is 1. The number of amides is 3. The van der Waals surface area contributed by atoms with Gasteiger partial charge in [0.1, 0.15) is 0 Å². The average Bonchev–Trinajstić information content (AvgIpc) is 3.09. The van der Waals surface area contributed by atoms with Crippen molar-refractivity contribution in [3.05, 3.63) is 65.2 Å². The maximum atomic E-state index is 13.6. The van der Waals surface area contributed by atoms with E-state index in [-0.39, 0.29) is 5.91 Å². The van der Waals surface area contributed by atoms with Crippen LogP contribution in [0.15, 0.2) is 48.5 Å². The van der Waals surface area contributed by atoms with Crippen LogP contribution in [0, 0.1) is 0 Å². The predicted octanol–water partition coefficient (Wildman–Crippen LogP) is 4.73. The Morgan fingerprint density at radius 3 is 2.47 bits per heavy atom. The molecule has 0 bridgehead atoms. The van der Waals surface area contributed by atoms with Gasteiger partial charge >= 0.3 is 6.03 Å². The highest BCUT2D eigenvalue weighted by atomic mass is 16.2. The van der Waals surface area contributed by atoms with Crippen LogP contribution >= 0.6 is 0 Å². The zero-order valence-electron chi connectivity index (χ0n) is 17.7. The highest BCUT2D eigenvalue weighted by molar-refractivity contribution is 6.43. The van der Waals surface area contributed by atoms with Crippen LogP contribution in [0.2, 0.25) is 0 Å². The molecular formula is C25H29N3O2. The molecule has 2 aliphatic rings. The lowest BCUT2D eigenvalue weighted by Crippen LogP contribution is -2.40. The fraction of sp³-hybridized carbons (Fsp3) is 0.360. The first-order valence-electron chi connectivity index (χ1n) is 10.9. The second kappa shape index (κ2) is 8.74. The molecule has 1 fully saturated rings. The molecule has 0 saturated heterocycles. The van der Waals surface area contributed by atoms with Crippen LogP contribution in [-0.2, 0) is 11.2 Å². The number of aryl methyl sites for hydroxylation is 1. The smallest absolute Gasteiger partial charge is 0.328 e. The monoisotopic (exact) mass is 403 g/mol. The molecule has 1 saturated carbocycles. The summed E-state index contributed by atoms with van der Waals surface area (Å²) in [5.41, 5.74) is 4.93. The SMILES string of the molecule is CCc1ccc2c(c1)N(C(=O)NC)C(=O)C2=C(NC1CCCCC1)c1ccccc1. The van der Waals surface area contributed by atoms with Crippen molar-refractivity contribution in [1.29, 1.82) is 0 Å². The molecule has 5 heteroatoms. The summed E-state index contributed by atoms with van der Waals surface area (Å²) in [6, 6.07) is 15.9. The largest absolute Gasteiger partial charge is 0.381 e. The molecule has 1 aliphatic carbocycles. The number of nitrogens with zero attached hydrogens (tertiary/aromatic N) is 1. The number of hydrogen-bond acceptors (Lipinski definition) is 3. The van der Waals surface area contributed by atoms with Gasteiger partial charge in [0.25, 0.3) is 5.91 Å². The summed E-state index contributed by atoms with van der Waals surface area (Å²) in [5.74, 6) is -0.278. The summed E-state index contributed by atoms with van der Waals surface area (Å²) >= 11 is 0. The van der Waals surface area contributed by atoms with Crippen molar-refractivity contribution in [3.8, 4) is 0 Å². The van der Waals surface area contributed by atoms with Crippen LogP contribution in [0.4, 0.5) is 10.5 Å². The summed E-state index contributed by atoms with van der Waals surface area (Å²) < 4.78 is 0. The lowest BCUT2D eigenvalue weighted by Gasteiger charge is -2.26. The maximum absolute atomic E-state index is 13.6. The Morgan fingerprint density at radius 2 is 1.80 bits per heavy atom. The average molecular weight is 404 g/mol. The molecule has 30 heavy (non-hydrogen) atoms. The van der Waals surface area contributed by atoms with Crippen molar-refractivity contribution in [1.82, 2.24) is 10.6 Å². The summed E-state index contributed by atoms with van der Waals surface area (Å²) in [4.78, 5) is 27.5. The molecule has 0 spiro atoms. The number of anilines is 1. The van der Waals surface area contributed by atoms with Gasteiger partial charge in [0, 0.05) is 18.7 Å². The summed E-state index contributed by atoms with van der Waals surface area (Å²) in [5, 5.41) is 6.31. The molecule has 5 nitrogen and oxygen atoms in total. The van der Waals surface area contributed by atoms with Gasteiger partial charge in [0.05, 0.1) is 17.0 Å². The number of benzene rings is 2. The molecule has 0 radical (unpaired) electrons. The van der Waals surface area contributed by atoms with Gasteiger partial charge in [-0.15, -0.1) is 0 Å². The van der Waals surface area contributed by atoms with Gasteiger partial charge in [-0.1, -0.05) is 68.7 Å². The maximum Gasteiger partial charge on any atom is 0.328 e. The second-order valence-electron chi connectivity index (χ2n) is 8.00. The molecule has 3 amide bonds. The first kappa shape index (κ1) is 20.2. The Hall–Kier alpha value is -3.08. The van der Waals surface area contributed by atoms with Crippen molar-refractivity contribution in [2.45, 2.75) is 51.5 Å². The van der Waals surface area contributed by atoms with Crippen LogP contribution < -0.4 is 15.5 Å². The van der Waals surface area contributed by atoms with Gasteiger partial charge in [-0.3, -0.25) is 4.79 Å². The zero-order chi connectivity index (χ0) is 21.1. The Morgan fingerprint density at radius 1 is 1.07 bits per heavy atom. The van der Waals surface area contributed by atoms with Crippen molar-refractivity contribution >= 4 is 28.9 Å². The third kappa shape index (κ3) is 3.72. The highest BCUT2D eigenvalue weighted by Gasteiger charge is 2.39. The topological polar surface area (TPSA) is 61.4 Å². The first-order chi connectivity index (χ1) is 14.6. The van der Waals surface area contributed by atoms with E-state index in [2.05, 4.69) is 17.6 Å². The summed E-state index contributed by atoms with van der Waals surface area (Å²) in [6.07, 6.45) is 6.69. The quantitative estimate of drug-likeness (QED) is 0.726. The molecule has 2 aromatic rings. The Balaban J connectivity index is 1.89. The van der Waals surface area contributed by atoms with Gasteiger partial charge in [-0.05, 0) is 36.5 Å². The second-order valence-corrected chi connectivity index (χ2v) is 8.00. The third-order valence-electron chi connectivity index (χ3n) is 6.08. The first-order valence-corrected chi connectivity index (χ1v) is 10.9. The van der Waals surface area contributed by atoms with E-state index in [0.717, 1.165) is 41.6 Å². The van der Waals surface area contributed by atoms with E-state index < -0.39 is 6.03 Å². The van der Waals surface area contributed by atoms with Crippen molar-refractivity contribution in [3.63, 3.8) is 0 Å². The molecular weight excluding hydrogens is 374 g/mol. The number of urea groups is 1. The van der Waals surface area contributed by atoms with E-state index in [1.807, 2.05) is 48.5 Å². The molecule has 1 heterocycles. The van der Waals surface area contributed by atoms with Gasteiger partial charge in [0.2, 0.25) is 0 Å². The highest BCUT2D eigenvalue weighted by Crippen LogP contribution is 2.41. The van der Waals surface area contributed by atoms with E-state index in [1.54, 1.807) is 7.05 Å². The third-order valence-corrected chi connectivity index (χ3v) is 6.08. The number of fused-ring (bicyclic) bond motifs is 1. The van der Waals surface area contributed by atoms with Crippen molar-refractivity contribution < 1.29 is 9.59 Å². The summed E-state index contributed by atoms with van der Waals surface area (Å²) in [6.45, 7) is 2.07. The molecule has 1 aliphatic heterocycles. The van der Waals surface area contributed by atoms with Crippen LogP contribution in [-0.4, -0.2) is 25.0 Å². The van der Waals surface area contributed by atoms with Gasteiger partial charge in [-0.2, -0.15) is 0 Å². The minimum Gasteiger partial charge on any atom is -0.381 e. The normalized spacial score (nSPS) is 18.2. The molecule has 0 atom stereocenters. The summed E-state index contributed by atoms with van der Waals surface area (Å²) in [7, 11) is 1.55. The van der Waals surface area contributed by atoms with Gasteiger partial charge in [0.15, 0.2) is 0 Å². The van der Waals surface area contributed by atoms with Gasteiger partial charge in [-0.25, -0.2) is 9.69 Å². The fourth-order valence-electron chi connectivity index (χ4n) is 4.44. The molecule has 0 aromatic heterocycles.